The average molecular weight is 240 g/mol. The minimum Gasteiger partial charge on any atom is -0.398 e. The Balaban J connectivity index is 2.13. The van der Waals surface area contributed by atoms with Gasteiger partial charge in [0.15, 0.2) is 0 Å². The standard InChI is InChI=1S/C12H17FN2S/c1-9-8-16-6-5-15(9)7-10-11(13)3-2-4-12(10)14/h2-4,9H,5-8,14H2,1H3. The summed E-state index contributed by atoms with van der Waals surface area (Å²) in [5, 5.41) is 0. The maximum absolute atomic E-state index is 13.6. The van der Waals surface area contributed by atoms with E-state index in [2.05, 4.69) is 11.8 Å². The number of nitrogen functional groups attached to an aromatic ring is 1. The summed E-state index contributed by atoms with van der Waals surface area (Å²) in [6, 6.07) is 5.40. The van der Waals surface area contributed by atoms with E-state index in [1.807, 2.05) is 11.8 Å². The Bertz CT molecular complexity index is 350. The molecule has 1 unspecified atom stereocenters. The van der Waals surface area contributed by atoms with Gasteiger partial charge in [-0.25, -0.2) is 4.39 Å². The highest BCUT2D eigenvalue weighted by Crippen LogP contribution is 2.22. The Kier molecular flexibility index (Phi) is 3.71. The van der Waals surface area contributed by atoms with Crippen LogP contribution >= 0.6 is 11.8 Å². The molecular formula is C12H17FN2S. The van der Waals surface area contributed by atoms with Crippen molar-refractivity contribution in [2.75, 3.05) is 23.8 Å². The van der Waals surface area contributed by atoms with Crippen molar-refractivity contribution in [3.8, 4) is 0 Å². The topological polar surface area (TPSA) is 29.3 Å². The van der Waals surface area contributed by atoms with E-state index in [1.165, 1.54) is 6.07 Å². The summed E-state index contributed by atoms with van der Waals surface area (Å²) < 4.78 is 13.6. The van der Waals surface area contributed by atoms with Gasteiger partial charge in [0.05, 0.1) is 0 Å². The molecule has 1 aromatic rings. The van der Waals surface area contributed by atoms with Crippen molar-refractivity contribution in [3.63, 3.8) is 0 Å². The highest BCUT2D eigenvalue weighted by Gasteiger charge is 2.20. The third kappa shape index (κ3) is 2.50. The Morgan fingerprint density at radius 2 is 2.38 bits per heavy atom. The minimum absolute atomic E-state index is 0.189. The summed E-state index contributed by atoms with van der Waals surface area (Å²) in [5.74, 6) is 2.05. The first-order chi connectivity index (χ1) is 7.68. The van der Waals surface area contributed by atoms with E-state index >= 15 is 0 Å². The summed E-state index contributed by atoms with van der Waals surface area (Å²) in [5.41, 5.74) is 7.01. The van der Waals surface area contributed by atoms with Gasteiger partial charge < -0.3 is 5.73 Å². The number of halogens is 1. The smallest absolute Gasteiger partial charge is 0.129 e. The largest absolute Gasteiger partial charge is 0.398 e. The van der Waals surface area contributed by atoms with Crippen molar-refractivity contribution in [1.29, 1.82) is 0 Å². The molecule has 2 nitrogen and oxygen atoms in total. The number of benzene rings is 1. The fraction of sp³-hybridized carbons (Fsp3) is 0.500. The predicted octanol–water partition coefficient (Wildman–Crippen LogP) is 2.35. The normalized spacial score (nSPS) is 22.2. The Hall–Kier alpha value is -0.740. The van der Waals surface area contributed by atoms with Crippen molar-refractivity contribution >= 4 is 17.4 Å². The molecule has 1 aliphatic rings. The SMILES string of the molecule is CC1CSCCN1Cc1c(N)cccc1F. The van der Waals surface area contributed by atoms with Crippen LogP contribution in [0, 0.1) is 5.82 Å². The number of anilines is 1. The molecular weight excluding hydrogens is 223 g/mol. The van der Waals surface area contributed by atoms with Gasteiger partial charge in [0.2, 0.25) is 0 Å². The molecule has 2 N–H and O–H groups in total. The zero-order chi connectivity index (χ0) is 11.5. The quantitative estimate of drug-likeness (QED) is 0.805. The van der Waals surface area contributed by atoms with E-state index in [9.17, 15) is 4.39 Å². The predicted molar refractivity (Wildman–Crippen MR) is 68.0 cm³/mol. The van der Waals surface area contributed by atoms with Crippen molar-refractivity contribution in [3.05, 3.63) is 29.6 Å². The molecule has 1 aromatic carbocycles. The van der Waals surface area contributed by atoms with Gasteiger partial charge in [-0.2, -0.15) is 11.8 Å². The molecule has 1 atom stereocenters. The van der Waals surface area contributed by atoms with Crippen LogP contribution in [0.2, 0.25) is 0 Å². The Morgan fingerprint density at radius 1 is 1.56 bits per heavy atom. The van der Waals surface area contributed by atoms with Gasteiger partial charge in [0.25, 0.3) is 0 Å². The van der Waals surface area contributed by atoms with Gasteiger partial charge in [-0.15, -0.1) is 0 Å². The lowest BCUT2D eigenvalue weighted by molar-refractivity contribution is 0.221. The van der Waals surface area contributed by atoms with Gasteiger partial charge in [-0.3, -0.25) is 4.90 Å². The van der Waals surface area contributed by atoms with Crippen molar-refractivity contribution in [1.82, 2.24) is 4.90 Å². The molecule has 16 heavy (non-hydrogen) atoms. The molecule has 0 amide bonds. The Morgan fingerprint density at radius 3 is 3.06 bits per heavy atom. The second-order valence-electron chi connectivity index (χ2n) is 4.20. The minimum atomic E-state index is -0.189. The van der Waals surface area contributed by atoms with Crippen molar-refractivity contribution in [2.24, 2.45) is 0 Å². The lowest BCUT2D eigenvalue weighted by Gasteiger charge is -2.33. The van der Waals surface area contributed by atoms with Crippen LogP contribution in [0.4, 0.5) is 10.1 Å². The lowest BCUT2D eigenvalue weighted by atomic mass is 10.1. The summed E-state index contributed by atoms with van der Waals surface area (Å²) >= 11 is 1.96. The molecule has 1 fully saturated rings. The number of nitrogens with zero attached hydrogens (tertiary/aromatic N) is 1. The van der Waals surface area contributed by atoms with E-state index in [-0.39, 0.29) is 5.82 Å². The van der Waals surface area contributed by atoms with Crippen LogP contribution in [0.3, 0.4) is 0 Å². The zero-order valence-electron chi connectivity index (χ0n) is 9.45. The van der Waals surface area contributed by atoms with E-state index in [4.69, 9.17) is 5.73 Å². The monoisotopic (exact) mass is 240 g/mol. The van der Waals surface area contributed by atoms with E-state index in [1.54, 1.807) is 12.1 Å². The fourth-order valence-corrected chi connectivity index (χ4v) is 3.02. The summed E-state index contributed by atoms with van der Waals surface area (Å²) in [6.07, 6.45) is 0. The van der Waals surface area contributed by atoms with Crippen LogP contribution in [0.5, 0.6) is 0 Å². The van der Waals surface area contributed by atoms with Gasteiger partial charge in [0.1, 0.15) is 5.82 Å². The van der Waals surface area contributed by atoms with Crippen molar-refractivity contribution < 1.29 is 4.39 Å². The third-order valence-corrected chi connectivity index (χ3v) is 4.21. The van der Waals surface area contributed by atoms with Gasteiger partial charge >= 0.3 is 0 Å². The zero-order valence-corrected chi connectivity index (χ0v) is 10.3. The highest BCUT2D eigenvalue weighted by molar-refractivity contribution is 7.99. The lowest BCUT2D eigenvalue weighted by Crippen LogP contribution is -2.40. The summed E-state index contributed by atoms with van der Waals surface area (Å²) in [6.45, 7) is 3.82. The van der Waals surface area contributed by atoms with Crippen LogP contribution in [-0.4, -0.2) is 29.0 Å². The van der Waals surface area contributed by atoms with Gasteiger partial charge in [-0.1, -0.05) is 6.07 Å². The molecule has 1 heterocycles. The van der Waals surface area contributed by atoms with E-state index in [0.717, 1.165) is 18.1 Å². The van der Waals surface area contributed by atoms with Crippen LogP contribution in [0.1, 0.15) is 12.5 Å². The molecule has 4 heteroatoms. The summed E-state index contributed by atoms with van der Waals surface area (Å²) in [4.78, 5) is 2.30. The van der Waals surface area contributed by atoms with E-state index < -0.39 is 0 Å². The maximum atomic E-state index is 13.6. The van der Waals surface area contributed by atoms with Gasteiger partial charge in [0, 0.05) is 41.9 Å². The second-order valence-corrected chi connectivity index (χ2v) is 5.35. The third-order valence-electron chi connectivity index (χ3n) is 3.02. The van der Waals surface area contributed by atoms with Crippen LogP contribution < -0.4 is 5.73 Å². The number of thioether (sulfide) groups is 1. The number of hydrogen-bond donors (Lipinski definition) is 1. The first-order valence-corrected chi connectivity index (χ1v) is 6.68. The average Bonchev–Trinajstić information content (AvgIpc) is 2.26. The van der Waals surface area contributed by atoms with Crippen LogP contribution in [-0.2, 0) is 6.54 Å². The molecule has 0 bridgehead atoms. The molecule has 2 rings (SSSR count). The van der Waals surface area contributed by atoms with E-state index in [0.29, 0.717) is 23.8 Å². The molecule has 0 aliphatic carbocycles. The molecule has 1 aliphatic heterocycles. The second kappa shape index (κ2) is 5.06. The maximum Gasteiger partial charge on any atom is 0.129 e. The molecule has 0 aromatic heterocycles. The van der Waals surface area contributed by atoms with Gasteiger partial charge in [-0.05, 0) is 19.1 Å². The molecule has 0 spiro atoms. The highest BCUT2D eigenvalue weighted by atomic mass is 32.2. The fourth-order valence-electron chi connectivity index (χ4n) is 1.94. The molecule has 1 saturated heterocycles. The first-order valence-electron chi connectivity index (χ1n) is 5.53. The molecule has 0 saturated carbocycles. The molecule has 88 valence electrons. The molecule has 0 radical (unpaired) electrons. The number of rotatable bonds is 2. The van der Waals surface area contributed by atoms with Crippen LogP contribution in [0.25, 0.3) is 0 Å². The Labute approximate surface area is 100 Å². The van der Waals surface area contributed by atoms with Crippen molar-refractivity contribution in [2.45, 2.75) is 19.5 Å². The van der Waals surface area contributed by atoms with Crippen LogP contribution in [0.15, 0.2) is 18.2 Å². The summed E-state index contributed by atoms with van der Waals surface area (Å²) in [7, 11) is 0. The number of hydrogen-bond acceptors (Lipinski definition) is 3. The first kappa shape index (κ1) is 11.7. The number of nitrogens with two attached hydrogens (primary N) is 1.